The minimum atomic E-state index is -0.795. The molecule has 1 atom stereocenters. The van der Waals surface area contributed by atoms with Crippen molar-refractivity contribution >= 4 is 16.9 Å². The smallest absolute Gasteiger partial charge is 0.309 e. The van der Waals surface area contributed by atoms with Crippen molar-refractivity contribution in [2.24, 2.45) is 5.92 Å². The summed E-state index contributed by atoms with van der Waals surface area (Å²) in [5.41, 5.74) is 1.12. The summed E-state index contributed by atoms with van der Waals surface area (Å²) in [6.45, 7) is 2.97. The summed E-state index contributed by atoms with van der Waals surface area (Å²) in [4.78, 5) is 17.6. The monoisotopic (exact) mass is 303 g/mol. The number of benzene rings is 1. The first-order valence-electron chi connectivity index (χ1n) is 7.33. The summed E-state index contributed by atoms with van der Waals surface area (Å²) in [7, 11) is 0. The molecule has 0 amide bonds. The van der Waals surface area contributed by atoms with Gasteiger partial charge in [-0.3, -0.25) is 9.69 Å². The van der Waals surface area contributed by atoms with E-state index in [2.05, 4.69) is 10.3 Å². The molecule has 1 saturated heterocycles. The molecule has 1 aliphatic rings. The maximum Gasteiger partial charge on any atom is 0.309 e. The number of nitrogens with one attached hydrogen (secondary N) is 1. The van der Waals surface area contributed by atoms with Crippen molar-refractivity contribution in [3.63, 3.8) is 0 Å². The van der Waals surface area contributed by atoms with Crippen molar-refractivity contribution in [3.05, 3.63) is 41.8 Å². The van der Waals surface area contributed by atoms with E-state index in [1.807, 2.05) is 23.1 Å². The van der Waals surface area contributed by atoms with E-state index in [9.17, 15) is 14.3 Å². The first-order chi connectivity index (χ1) is 10.6. The number of fused-ring (bicyclic) bond motifs is 1. The zero-order valence-corrected chi connectivity index (χ0v) is 12.1. The van der Waals surface area contributed by atoms with Crippen LogP contribution in [0.2, 0.25) is 0 Å². The number of aliphatic carboxylic acids is 1. The van der Waals surface area contributed by atoms with Gasteiger partial charge in [0.25, 0.3) is 0 Å². The summed E-state index contributed by atoms with van der Waals surface area (Å²) in [5.74, 6) is -1.56. The van der Waals surface area contributed by atoms with Crippen LogP contribution < -0.4 is 5.32 Å². The molecule has 2 heterocycles. The number of carboxylic acids is 1. The minimum absolute atomic E-state index is 0.333. The number of pyridine rings is 1. The standard InChI is InChI=1S/C16H18FN3O2/c17-14-3-1-2-11-4-5-13(19-15(11)14)10-20-7-6-18-8-12(9-20)16(21)22/h1-5,12,18H,6-10H2,(H,21,22). The number of aromatic nitrogens is 1. The van der Waals surface area contributed by atoms with Crippen molar-refractivity contribution in [2.45, 2.75) is 6.54 Å². The summed E-state index contributed by atoms with van der Waals surface area (Å²) in [6.07, 6.45) is 0. The molecule has 0 radical (unpaired) electrons. The topological polar surface area (TPSA) is 65.5 Å². The van der Waals surface area contributed by atoms with E-state index in [0.717, 1.165) is 24.2 Å². The molecular weight excluding hydrogens is 285 g/mol. The van der Waals surface area contributed by atoms with Gasteiger partial charge in [-0.25, -0.2) is 9.37 Å². The second-order valence-electron chi connectivity index (χ2n) is 5.59. The third kappa shape index (κ3) is 3.23. The zero-order valence-electron chi connectivity index (χ0n) is 12.1. The van der Waals surface area contributed by atoms with Crippen LogP contribution >= 0.6 is 0 Å². The fraction of sp³-hybridized carbons (Fsp3) is 0.375. The number of hydrogen-bond acceptors (Lipinski definition) is 4. The molecule has 1 fully saturated rings. The lowest BCUT2D eigenvalue weighted by Gasteiger charge is -2.21. The average Bonchev–Trinajstić information content (AvgIpc) is 2.74. The van der Waals surface area contributed by atoms with Gasteiger partial charge in [0.05, 0.1) is 11.6 Å². The molecule has 2 aromatic rings. The summed E-state index contributed by atoms with van der Waals surface area (Å²) in [5, 5.41) is 13.1. The molecule has 2 N–H and O–H groups in total. The number of nitrogens with zero attached hydrogens (tertiary/aromatic N) is 2. The minimum Gasteiger partial charge on any atom is -0.481 e. The number of carboxylic acid groups (broad SMARTS) is 1. The van der Waals surface area contributed by atoms with Gasteiger partial charge in [-0.1, -0.05) is 18.2 Å². The van der Waals surface area contributed by atoms with Gasteiger partial charge in [-0.2, -0.15) is 0 Å². The largest absolute Gasteiger partial charge is 0.481 e. The van der Waals surface area contributed by atoms with Crippen molar-refractivity contribution in [3.8, 4) is 0 Å². The Balaban J connectivity index is 1.79. The van der Waals surface area contributed by atoms with Gasteiger partial charge in [0.15, 0.2) is 0 Å². The fourth-order valence-corrected chi connectivity index (χ4v) is 2.76. The molecule has 1 aliphatic heterocycles. The average molecular weight is 303 g/mol. The molecule has 116 valence electrons. The number of carbonyl (C=O) groups is 1. The van der Waals surface area contributed by atoms with E-state index < -0.39 is 11.9 Å². The second kappa shape index (κ2) is 6.37. The van der Waals surface area contributed by atoms with Crippen molar-refractivity contribution < 1.29 is 14.3 Å². The van der Waals surface area contributed by atoms with E-state index >= 15 is 0 Å². The Labute approximate surface area is 127 Å². The van der Waals surface area contributed by atoms with Gasteiger partial charge in [0, 0.05) is 38.1 Å². The van der Waals surface area contributed by atoms with Crippen LogP contribution in [0.1, 0.15) is 5.69 Å². The molecule has 0 spiro atoms. The lowest BCUT2D eigenvalue weighted by Crippen LogP contribution is -2.33. The summed E-state index contributed by atoms with van der Waals surface area (Å²) in [6, 6.07) is 8.61. The number of halogens is 1. The Morgan fingerprint density at radius 3 is 3.09 bits per heavy atom. The van der Waals surface area contributed by atoms with Crippen LogP contribution in [0.15, 0.2) is 30.3 Å². The van der Waals surface area contributed by atoms with Crippen LogP contribution in [-0.2, 0) is 11.3 Å². The SMILES string of the molecule is O=C(O)C1CNCCN(Cc2ccc3cccc(F)c3n2)C1. The van der Waals surface area contributed by atoms with E-state index in [1.54, 1.807) is 6.07 Å². The van der Waals surface area contributed by atoms with Gasteiger partial charge in [-0.05, 0) is 12.1 Å². The Kier molecular flexibility index (Phi) is 4.31. The molecule has 6 heteroatoms. The molecule has 1 unspecified atom stereocenters. The van der Waals surface area contributed by atoms with Crippen LogP contribution in [0, 0.1) is 11.7 Å². The van der Waals surface area contributed by atoms with E-state index in [4.69, 9.17) is 0 Å². The maximum absolute atomic E-state index is 13.8. The van der Waals surface area contributed by atoms with Crippen LogP contribution in [0.4, 0.5) is 4.39 Å². The number of hydrogen-bond donors (Lipinski definition) is 2. The lowest BCUT2D eigenvalue weighted by atomic mass is 10.1. The first kappa shape index (κ1) is 14.9. The molecule has 1 aromatic heterocycles. The summed E-state index contributed by atoms with van der Waals surface area (Å²) < 4.78 is 13.8. The number of rotatable bonds is 3. The Morgan fingerprint density at radius 1 is 1.41 bits per heavy atom. The van der Waals surface area contributed by atoms with E-state index in [1.165, 1.54) is 6.07 Å². The highest BCUT2D eigenvalue weighted by atomic mass is 19.1. The van der Waals surface area contributed by atoms with Crippen LogP contribution in [-0.4, -0.2) is 47.1 Å². The van der Waals surface area contributed by atoms with Gasteiger partial charge in [0.2, 0.25) is 0 Å². The Morgan fingerprint density at radius 2 is 2.27 bits per heavy atom. The summed E-state index contributed by atoms with van der Waals surface area (Å²) >= 11 is 0. The molecule has 0 aliphatic carbocycles. The molecule has 3 rings (SSSR count). The molecule has 22 heavy (non-hydrogen) atoms. The van der Waals surface area contributed by atoms with Gasteiger partial charge in [0.1, 0.15) is 11.3 Å². The van der Waals surface area contributed by atoms with E-state index in [-0.39, 0.29) is 5.82 Å². The zero-order chi connectivity index (χ0) is 15.5. The molecule has 1 aromatic carbocycles. The number of para-hydroxylation sites is 1. The third-order valence-corrected chi connectivity index (χ3v) is 3.94. The highest BCUT2D eigenvalue weighted by Crippen LogP contribution is 2.17. The van der Waals surface area contributed by atoms with Crippen LogP contribution in [0.3, 0.4) is 0 Å². The highest BCUT2D eigenvalue weighted by Gasteiger charge is 2.23. The van der Waals surface area contributed by atoms with Gasteiger partial charge in [-0.15, -0.1) is 0 Å². The van der Waals surface area contributed by atoms with Gasteiger partial charge < -0.3 is 10.4 Å². The highest BCUT2D eigenvalue weighted by molar-refractivity contribution is 5.79. The third-order valence-electron chi connectivity index (χ3n) is 3.94. The molecular formula is C16H18FN3O2. The van der Waals surface area contributed by atoms with Crippen molar-refractivity contribution in [1.29, 1.82) is 0 Å². The Bertz CT molecular complexity index is 692. The Hall–Kier alpha value is -2.05. The molecule has 5 nitrogen and oxygen atoms in total. The lowest BCUT2D eigenvalue weighted by molar-refractivity contribution is -0.142. The maximum atomic E-state index is 13.8. The van der Waals surface area contributed by atoms with Crippen LogP contribution in [0.5, 0.6) is 0 Å². The van der Waals surface area contributed by atoms with E-state index in [0.29, 0.717) is 25.2 Å². The van der Waals surface area contributed by atoms with Crippen molar-refractivity contribution in [1.82, 2.24) is 15.2 Å². The predicted octanol–water partition coefficient (Wildman–Crippen LogP) is 1.48. The molecule has 0 bridgehead atoms. The first-order valence-corrected chi connectivity index (χ1v) is 7.33. The van der Waals surface area contributed by atoms with Crippen LogP contribution in [0.25, 0.3) is 10.9 Å². The van der Waals surface area contributed by atoms with Gasteiger partial charge >= 0.3 is 5.97 Å². The quantitative estimate of drug-likeness (QED) is 0.899. The second-order valence-corrected chi connectivity index (χ2v) is 5.59. The normalized spacial score (nSPS) is 20.0. The predicted molar refractivity (Wildman–Crippen MR) is 81.0 cm³/mol. The van der Waals surface area contributed by atoms with Crippen molar-refractivity contribution in [2.75, 3.05) is 26.2 Å². The molecule has 0 saturated carbocycles. The fourth-order valence-electron chi connectivity index (χ4n) is 2.76.